The summed E-state index contributed by atoms with van der Waals surface area (Å²) >= 11 is 0. The van der Waals surface area contributed by atoms with Crippen LogP contribution in [0.15, 0.2) is 48.5 Å². The fraction of sp³-hybridized carbons (Fsp3) is 0.375. The number of fused-ring (bicyclic) bond motifs is 3. The van der Waals surface area contributed by atoms with Gasteiger partial charge in [0, 0.05) is 31.5 Å². The number of alkyl carbamates (subject to hydrolysis) is 1. The zero-order valence-electron chi connectivity index (χ0n) is 17.8. The van der Waals surface area contributed by atoms with E-state index in [-0.39, 0.29) is 38.1 Å². The minimum Gasteiger partial charge on any atom is -0.481 e. The van der Waals surface area contributed by atoms with Gasteiger partial charge in [0.2, 0.25) is 0 Å². The maximum absolute atomic E-state index is 12.4. The van der Waals surface area contributed by atoms with Crippen molar-refractivity contribution in [2.24, 2.45) is 11.8 Å². The average Bonchev–Trinajstić information content (AvgIpc) is 3.35. The van der Waals surface area contributed by atoms with Gasteiger partial charge in [0.15, 0.2) is 0 Å². The SMILES string of the molecule is COC(=O)CN1C[C@H](CNC(=O)OCC2c3ccccc3-c3ccccc32)[C@@H](C(=O)O)C1. The molecule has 0 radical (unpaired) electrons. The van der Waals surface area contributed by atoms with Gasteiger partial charge in [-0.05, 0) is 22.3 Å². The lowest BCUT2D eigenvalue weighted by atomic mass is 9.96. The van der Waals surface area contributed by atoms with Crippen molar-refractivity contribution in [1.82, 2.24) is 10.2 Å². The molecule has 1 saturated heterocycles. The van der Waals surface area contributed by atoms with Gasteiger partial charge < -0.3 is 19.9 Å². The number of carbonyl (C=O) groups excluding carboxylic acids is 2. The number of hydrogen-bond donors (Lipinski definition) is 2. The molecule has 2 aromatic carbocycles. The Bertz CT molecular complexity index is 978. The maximum atomic E-state index is 12.4. The zero-order chi connectivity index (χ0) is 22.7. The van der Waals surface area contributed by atoms with Gasteiger partial charge in [0.25, 0.3) is 0 Å². The minimum atomic E-state index is -0.947. The van der Waals surface area contributed by atoms with E-state index in [1.807, 2.05) is 36.4 Å². The van der Waals surface area contributed by atoms with E-state index in [1.165, 1.54) is 7.11 Å². The minimum absolute atomic E-state index is 0.0295. The van der Waals surface area contributed by atoms with Gasteiger partial charge in [-0.1, -0.05) is 48.5 Å². The Morgan fingerprint density at radius 1 is 1.03 bits per heavy atom. The number of nitrogens with one attached hydrogen (secondary N) is 1. The molecule has 2 aliphatic rings. The summed E-state index contributed by atoms with van der Waals surface area (Å²) in [6.45, 7) is 1.01. The van der Waals surface area contributed by atoms with Gasteiger partial charge in [-0.2, -0.15) is 0 Å². The quantitative estimate of drug-likeness (QED) is 0.639. The number of likely N-dealkylation sites (tertiary alicyclic amines) is 1. The Kier molecular flexibility index (Phi) is 6.41. The van der Waals surface area contributed by atoms with Gasteiger partial charge in [-0.3, -0.25) is 14.5 Å². The number of amides is 1. The molecular weight excluding hydrogens is 412 g/mol. The molecule has 0 aromatic heterocycles. The molecule has 1 amide bonds. The van der Waals surface area contributed by atoms with Crippen molar-refractivity contribution in [3.05, 3.63) is 59.7 Å². The van der Waals surface area contributed by atoms with E-state index in [0.717, 1.165) is 22.3 Å². The summed E-state index contributed by atoms with van der Waals surface area (Å²) in [6, 6.07) is 16.2. The van der Waals surface area contributed by atoms with Gasteiger partial charge in [-0.25, -0.2) is 4.79 Å². The lowest BCUT2D eigenvalue weighted by Gasteiger charge is -2.17. The first-order valence-electron chi connectivity index (χ1n) is 10.6. The number of carbonyl (C=O) groups is 3. The maximum Gasteiger partial charge on any atom is 0.407 e. The van der Waals surface area contributed by atoms with Crippen molar-refractivity contribution in [2.75, 3.05) is 39.9 Å². The highest BCUT2D eigenvalue weighted by Crippen LogP contribution is 2.44. The van der Waals surface area contributed by atoms with Gasteiger partial charge in [-0.15, -0.1) is 0 Å². The summed E-state index contributed by atoms with van der Waals surface area (Å²) in [5.41, 5.74) is 4.56. The van der Waals surface area contributed by atoms with Crippen molar-refractivity contribution < 1.29 is 29.0 Å². The molecule has 0 saturated carbocycles. The fourth-order valence-electron chi connectivity index (χ4n) is 4.69. The van der Waals surface area contributed by atoms with E-state index < -0.39 is 23.9 Å². The van der Waals surface area contributed by atoms with E-state index in [9.17, 15) is 19.5 Å². The monoisotopic (exact) mass is 438 g/mol. The van der Waals surface area contributed by atoms with E-state index in [4.69, 9.17) is 4.74 Å². The van der Waals surface area contributed by atoms with Crippen LogP contribution in [-0.4, -0.2) is 67.9 Å². The molecular formula is C24H26N2O6. The number of aliphatic carboxylic acids is 1. The van der Waals surface area contributed by atoms with Crippen LogP contribution in [0.25, 0.3) is 11.1 Å². The third-order valence-electron chi connectivity index (χ3n) is 6.27. The van der Waals surface area contributed by atoms with E-state index in [1.54, 1.807) is 4.90 Å². The number of hydrogen-bond acceptors (Lipinski definition) is 6. The van der Waals surface area contributed by atoms with E-state index >= 15 is 0 Å². The van der Waals surface area contributed by atoms with Crippen molar-refractivity contribution in [1.29, 1.82) is 0 Å². The average molecular weight is 438 g/mol. The van der Waals surface area contributed by atoms with Crippen LogP contribution in [0.3, 0.4) is 0 Å². The van der Waals surface area contributed by atoms with Crippen LogP contribution < -0.4 is 5.32 Å². The number of benzene rings is 2. The van der Waals surface area contributed by atoms with E-state index in [2.05, 4.69) is 22.2 Å². The number of carboxylic acids is 1. The Hall–Kier alpha value is -3.39. The van der Waals surface area contributed by atoms with Crippen LogP contribution in [0.2, 0.25) is 0 Å². The molecule has 0 unspecified atom stereocenters. The Labute approximate surface area is 186 Å². The zero-order valence-corrected chi connectivity index (χ0v) is 17.8. The molecule has 0 spiro atoms. The highest BCUT2D eigenvalue weighted by Gasteiger charge is 2.38. The largest absolute Gasteiger partial charge is 0.481 e. The molecule has 8 heteroatoms. The smallest absolute Gasteiger partial charge is 0.407 e. The van der Waals surface area contributed by atoms with Crippen molar-refractivity contribution in [3.8, 4) is 11.1 Å². The summed E-state index contributed by atoms with van der Waals surface area (Å²) in [6.07, 6.45) is -0.581. The number of methoxy groups -OCH3 is 1. The molecule has 1 aliphatic heterocycles. The third-order valence-corrected chi connectivity index (χ3v) is 6.27. The topological polar surface area (TPSA) is 105 Å². The summed E-state index contributed by atoms with van der Waals surface area (Å²) in [4.78, 5) is 37.2. The lowest BCUT2D eigenvalue weighted by molar-refractivity contribution is -0.144. The van der Waals surface area contributed by atoms with Crippen LogP contribution in [0, 0.1) is 11.8 Å². The first-order chi connectivity index (χ1) is 15.5. The van der Waals surface area contributed by atoms with Gasteiger partial charge in [0.05, 0.1) is 19.6 Å². The van der Waals surface area contributed by atoms with Gasteiger partial charge in [0.1, 0.15) is 6.61 Å². The first-order valence-corrected chi connectivity index (χ1v) is 10.6. The fourth-order valence-corrected chi connectivity index (χ4v) is 4.69. The standard InChI is InChI=1S/C24H26N2O6/c1-31-22(27)13-26-11-15(20(12-26)23(28)29)10-25-24(30)32-14-21-18-8-4-2-6-16(18)17-7-3-5-9-19(17)21/h2-9,15,20-21H,10-14H2,1H3,(H,25,30)(H,28,29)/t15-,20-/m0/s1. The summed E-state index contributed by atoms with van der Waals surface area (Å²) in [7, 11) is 1.29. The highest BCUT2D eigenvalue weighted by molar-refractivity contribution is 5.79. The second-order valence-corrected chi connectivity index (χ2v) is 8.18. The van der Waals surface area contributed by atoms with Crippen molar-refractivity contribution in [3.63, 3.8) is 0 Å². The van der Waals surface area contributed by atoms with E-state index in [0.29, 0.717) is 6.54 Å². The predicted molar refractivity (Wildman–Crippen MR) is 116 cm³/mol. The molecule has 2 atom stereocenters. The molecule has 2 N–H and O–H groups in total. The predicted octanol–water partition coefficient (Wildman–Crippen LogP) is 2.33. The van der Waals surface area contributed by atoms with Crippen molar-refractivity contribution >= 4 is 18.0 Å². The molecule has 4 rings (SSSR count). The first kappa shape index (κ1) is 21.8. The molecule has 1 fully saturated rings. The molecule has 1 aliphatic carbocycles. The van der Waals surface area contributed by atoms with Gasteiger partial charge >= 0.3 is 18.0 Å². The Balaban J connectivity index is 1.34. The summed E-state index contributed by atoms with van der Waals surface area (Å²) in [5, 5.41) is 12.2. The molecule has 8 nitrogen and oxygen atoms in total. The third kappa shape index (κ3) is 4.45. The van der Waals surface area contributed by atoms with Crippen LogP contribution in [0.1, 0.15) is 17.0 Å². The second kappa shape index (κ2) is 9.40. The Morgan fingerprint density at radius 3 is 2.25 bits per heavy atom. The normalized spacial score (nSPS) is 19.8. The number of ether oxygens (including phenoxy) is 2. The molecule has 0 bridgehead atoms. The number of nitrogens with zero attached hydrogens (tertiary/aromatic N) is 1. The number of rotatable bonds is 7. The van der Waals surface area contributed by atoms with Crippen LogP contribution in [-0.2, 0) is 19.1 Å². The van der Waals surface area contributed by atoms with Crippen LogP contribution in [0.5, 0.6) is 0 Å². The van der Waals surface area contributed by atoms with Crippen LogP contribution >= 0.6 is 0 Å². The lowest BCUT2D eigenvalue weighted by Crippen LogP contribution is -2.35. The number of carboxylic acid groups (broad SMARTS) is 1. The summed E-state index contributed by atoms with van der Waals surface area (Å²) in [5.74, 6) is -2.40. The summed E-state index contributed by atoms with van der Waals surface area (Å²) < 4.78 is 10.2. The van der Waals surface area contributed by atoms with Crippen LogP contribution in [0.4, 0.5) is 4.79 Å². The number of esters is 1. The molecule has 168 valence electrons. The highest BCUT2D eigenvalue weighted by atomic mass is 16.5. The molecule has 1 heterocycles. The van der Waals surface area contributed by atoms with Crippen molar-refractivity contribution in [2.45, 2.75) is 5.92 Å². The molecule has 2 aromatic rings. The second-order valence-electron chi connectivity index (χ2n) is 8.18. The molecule has 32 heavy (non-hydrogen) atoms. The Morgan fingerprint density at radius 2 is 1.66 bits per heavy atom.